The van der Waals surface area contributed by atoms with Gasteiger partial charge in [-0.25, -0.2) is 0 Å². The largest absolute Gasteiger partial charge is 0.496 e. The molecule has 1 aromatic carbocycles. The number of ether oxygens (including phenoxy) is 2. The number of unbranched alkanes of at least 4 members (excludes halogenated alkanes) is 1. The minimum Gasteiger partial charge on any atom is -0.496 e. The lowest BCUT2D eigenvalue weighted by molar-refractivity contribution is -0.157. The van der Waals surface area contributed by atoms with Gasteiger partial charge < -0.3 is 9.47 Å². The maximum atomic E-state index is 12.8. The highest BCUT2D eigenvalue weighted by Gasteiger charge is 2.40. The quantitative estimate of drug-likeness (QED) is 0.568. The molecule has 0 aromatic heterocycles. The zero-order chi connectivity index (χ0) is 17.3. The predicted octanol–water partition coefficient (Wildman–Crippen LogP) is 5.02. The van der Waals surface area contributed by atoms with E-state index in [0.717, 1.165) is 37.0 Å². The summed E-state index contributed by atoms with van der Waals surface area (Å²) in [5.41, 5.74) is 0.620. The number of para-hydroxylation sites is 1. The van der Waals surface area contributed by atoms with Crippen LogP contribution >= 0.6 is 0 Å². The molecule has 0 amide bonds. The Balaban J connectivity index is 3.20. The first-order valence-electron chi connectivity index (χ1n) is 8.78. The van der Waals surface area contributed by atoms with Crippen molar-refractivity contribution in [3.05, 3.63) is 29.8 Å². The molecule has 0 radical (unpaired) electrons. The molecule has 0 saturated carbocycles. The van der Waals surface area contributed by atoms with Gasteiger partial charge in [0, 0.05) is 0 Å². The van der Waals surface area contributed by atoms with Crippen LogP contribution in [0.25, 0.3) is 0 Å². The van der Waals surface area contributed by atoms with Crippen molar-refractivity contribution in [1.29, 1.82) is 0 Å². The summed E-state index contributed by atoms with van der Waals surface area (Å²) in [6, 6.07) is 7.98. The normalized spacial score (nSPS) is 13.7. The molecular formula is C20H32O3. The molecule has 0 bridgehead atoms. The maximum Gasteiger partial charge on any atom is 0.312 e. The van der Waals surface area contributed by atoms with E-state index in [1.165, 1.54) is 0 Å². The molecule has 0 fully saturated rings. The molecule has 23 heavy (non-hydrogen) atoms. The van der Waals surface area contributed by atoms with Gasteiger partial charge in [0.2, 0.25) is 0 Å². The molecule has 0 aliphatic rings. The van der Waals surface area contributed by atoms with Crippen LogP contribution in [0.2, 0.25) is 0 Å². The molecule has 1 rings (SSSR count). The maximum absolute atomic E-state index is 12.8. The molecular weight excluding hydrogens is 288 g/mol. The fourth-order valence-corrected chi connectivity index (χ4v) is 3.31. The summed E-state index contributed by atoms with van der Waals surface area (Å²) in [6.45, 7) is 8.80. The summed E-state index contributed by atoms with van der Waals surface area (Å²) in [5.74, 6) is 1.22. The topological polar surface area (TPSA) is 35.5 Å². The fraction of sp³-hybridized carbons (Fsp3) is 0.650. The van der Waals surface area contributed by atoms with Gasteiger partial charge in [-0.2, -0.15) is 0 Å². The van der Waals surface area contributed by atoms with Gasteiger partial charge in [0.25, 0.3) is 0 Å². The number of esters is 1. The van der Waals surface area contributed by atoms with E-state index in [1.807, 2.05) is 25.1 Å². The predicted molar refractivity (Wildman–Crippen MR) is 94.7 cm³/mol. The van der Waals surface area contributed by atoms with Crippen molar-refractivity contribution >= 4 is 5.97 Å². The lowest BCUT2D eigenvalue weighted by Crippen LogP contribution is -2.37. The van der Waals surface area contributed by atoms with E-state index in [4.69, 9.17) is 9.47 Å². The van der Waals surface area contributed by atoms with Gasteiger partial charge in [0.1, 0.15) is 5.75 Å². The van der Waals surface area contributed by atoms with Crippen molar-refractivity contribution in [2.24, 2.45) is 11.3 Å². The van der Waals surface area contributed by atoms with Crippen LogP contribution in [0.1, 0.15) is 58.9 Å². The highest BCUT2D eigenvalue weighted by Crippen LogP contribution is 2.39. The van der Waals surface area contributed by atoms with Crippen molar-refractivity contribution in [1.82, 2.24) is 0 Å². The summed E-state index contributed by atoms with van der Waals surface area (Å²) in [5, 5.41) is 0. The fourth-order valence-electron chi connectivity index (χ4n) is 3.31. The second kappa shape index (κ2) is 9.59. The summed E-state index contributed by atoms with van der Waals surface area (Å²) >= 11 is 0. The Morgan fingerprint density at radius 2 is 1.91 bits per heavy atom. The number of rotatable bonds is 10. The van der Waals surface area contributed by atoms with Gasteiger partial charge in [0.15, 0.2) is 0 Å². The number of hydrogen-bond acceptors (Lipinski definition) is 3. The zero-order valence-corrected chi connectivity index (χ0v) is 15.4. The molecule has 1 unspecified atom stereocenters. The monoisotopic (exact) mass is 320 g/mol. The first kappa shape index (κ1) is 19.5. The third-order valence-electron chi connectivity index (χ3n) is 4.24. The van der Waals surface area contributed by atoms with Crippen molar-refractivity contribution in [3.63, 3.8) is 0 Å². The Morgan fingerprint density at radius 1 is 1.22 bits per heavy atom. The van der Waals surface area contributed by atoms with Crippen molar-refractivity contribution in [2.75, 3.05) is 13.7 Å². The SMILES string of the molecule is CCCCC(Cc1ccccc1OC)(CC(C)C)C(=O)OCC. The number of carbonyl (C=O) groups is 1. The van der Waals surface area contributed by atoms with Crippen LogP contribution in [-0.2, 0) is 16.0 Å². The molecule has 1 aromatic rings. The first-order chi connectivity index (χ1) is 11.0. The Hall–Kier alpha value is -1.51. The first-order valence-corrected chi connectivity index (χ1v) is 8.78. The van der Waals surface area contributed by atoms with Crippen molar-refractivity contribution in [3.8, 4) is 5.75 Å². The van der Waals surface area contributed by atoms with E-state index in [0.29, 0.717) is 18.9 Å². The molecule has 3 heteroatoms. The minimum atomic E-state index is -0.463. The smallest absolute Gasteiger partial charge is 0.312 e. The molecule has 0 heterocycles. The van der Waals surface area contributed by atoms with E-state index in [9.17, 15) is 4.79 Å². The van der Waals surface area contributed by atoms with Gasteiger partial charge in [-0.1, -0.05) is 51.8 Å². The molecule has 0 spiro atoms. The van der Waals surface area contributed by atoms with Crippen LogP contribution in [0.4, 0.5) is 0 Å². The summed E-state index contributed by atoms with van der Waals surface area (Å²) in [7, 11) is 1.68. The molecule has 0 saturated heterocycles. The van der Waals surface area contributed by atoms with Gasteiger partial charge in [-0.3, -0.25) is 4.79 Å². The minimum absolute atomic E-state index is 0.0620. The summed E-state index contributed by atoms with van der Waals surface area (Å²) in [6.07, 6.45) is 4.47. The lowest BCUT2D eigenvalue weighted by Gasteiger charge is -2.33. The summed E-state index contributed by atoms with van der Waals surface area (Å²) < 4.78 is 11.0. The Morgan fingerprint density at radius 3 is 2.48 bits per heavy atom. The average molecular weight is 320 g/mol. The molecule has 0 aliphatic carbocycles. The van der Waals surface area contributed by atoms with Crippen LogP contribution in [0.15, 0.2) is 24.3 Å². The van der Waals surface area contributed by atoms with Crippen LogP contribution in [-0.4, -0.2) is 19.7 Å². The highest BCUT2D eigenvalue weighted by atomic mass is 16.5. The number of hydrogen-bond donors (Lipinski definition) is 0. The van der Waals surface area contributed by atoms with E-state index in [1.54, 1.807) is 7.11 Å². The molecule has 130 valence electrons. The Kier molecular flexibility index (Phi) is 8.15. The number of carbonyl (C=O) groups excluding carboxylic acids is 1. The van der Waals surface area contributed by atoms with Crippen molar-refractivity contribution in [2.45, 2.75) is 59.8 Å². The van der Waals surface area contributed by atoms with Crippen LogP contribution in [0.3, 0.4) is 0 Å². The second-order valence-corrected chi connectivity index (χ2v) is 6.69. The third kappa shape index (κ3) is 5.56. The van der Waals surface area contributed by atoms with E-state index in [-0.39, 0.29) is 5.97 Å². The molecule has 0 aliphatic heterocycles. The van der Waals surface area contributed by atoms with Crippen LogP contribution in [0, 0.1) is 11.3 Å². The molecule has 1 atom stereocenters. The zero-order valence-electron chi connectivity index (χ0n) is 15.4. The van der Waals surface area contributed by atoms with Gasteiger partial charge in [-0.05, 0) is 43.7 Å². The lowest BCUT2D eigenvalue weighted by atomic mass is 9.72. The standard InChI is InChI=1S/C20H32O3/c1-6-8-13-20(14-16(3)4,19(21)23-7-2)15-17-11-9-10-12-18(17)22-5/h9-12,16H,6-8,13-15H2,1-5H3. The second-order valence-electron chi connectivity index (χ2n) is 6.69. The molecule has 0 N–H and O–H groups in total. The number of benzene rings is 1. The highest BCUT2D eigenvalue weighted by molar-refractivity contribution is 5.77. The Bertz CT molecular complexity index is 482. The van der Waals surface area contributed by atoms with E-state index < -0.39 is 5.41 Å². The number of methoxy groups -OCH3 is 1. The van der Waals surface area contributed by atoms with E-state index >= 15 is 0 Å². The van der Waals surface area contributed by atoms with Crippen LogP contribution in [0.5, 0.6) is 5.75 Å². The van der Waals surface area contributed by atoms with E-state index in [2.05, 4.69) is 26.8 Å². The summed E-state index contributed by atoms with van der Waals surface area (Å²) in [4.78, 5) is 12.8. The van der Waals surface area contributed by atoms with Gasteiger partial charge in [-0.15, -0.1) is 0 Å². The third-order valence-corrected chi connectivity index (χ3v) is 4.24. The molecule has 3 nitrogen and oxygen atoms in total. The van der Waals surface area contributed by atoms with Crippen molar-refractivity contribution < 1.29 is 14.3 Å². The van der Waals surface area contributed by atoms with Crippen LogP contribution < -0.4 is 4.74 Å². The average Bonchev–Trinajstić information content (AvgIpc) is 2.52. The van der Waals surface area contributed by atoms with Gasteiger partial charge >= 0.3 is 5.97 Å². The Labute approximate surface area is 141 Å². The van der Waals surface area contributed by atoms with Gasteiger partial charge in [0.05, 0.1) is 19.1 Å².